The van der Waals surface area contributed by atoms with Crippen LogP contribution in [-0.4, -0.2) is 68.8 Å². The Kier molecular flexibility index (Phi) is 8.29. The maximum atomic E-state index is 12.8. The third-order valence-electron chi connectivity index (χ3n) is 5.03. The van der Waals surface area contributed by atoms with Crippen molar-refractivity contribution in [3.05, 3.63) is 45.8 Å². The molecule has 0 unspecified atom stereocenters. The molecule has 2 heterocycles. The summed E-state index contributed by atoms with van der Waals surface area (Å²) in [4.78, 5) is 27.9. The molecule has 11 heteroatoms. The summed E-state index contributed by atoms with van der Waals surface area (Å²) < 4.78 is 32.1. The van der Waals surface area contributed by atoms with Crippen molar-refractivity contribution < 1.29 is 22.7 Å². The minimum absolute atomic E-state index is 0.108. The summed E-state index contributed by atoms with van der Waals surface area (Å²) in [5.74, 6) is -0.714. The molecule has 1 aromatic heterocycles. The Morgan fingerprint density at radius 2 is 1.78 bits per heavy atom. The normalized spacial score (nSPS) is 15.5. The highest BCUT2D eigenvalue weighted by molar-refractivity contribution is 7.89. The molecule has 174 valence electrons. The molecule has 1 N–H and O–H groups in total. The molecule has 0 radical (unpaired) electrons. The zero-order valence-electron chi connectivity index (χ0n) is 18.0. The van der Waals surface area contributed by atoms with Crippen LogP contribution in [-0.2, 0) is 26.0 Å². The summed E-state index contributed by atoms with van der Waals surface area (Å²) in [6.07, 6.45) is 0.747. The number of sulfonamides is 1. The van der Waals surface area contributed by atoms with E-state index in [1.54, 1.807) is 25.1 Å². The number of benzene rings is 1. The fourth-order valence-corrected chi connectivity index (χ4v) is 5.87. The number of nitrogens with one attached hydrogen (secondary N) is 1. The highest BCUT2D eigenvalue weighted by atomic mass is 35.5. The van der Waals surface area contributed by atoms with E-state index >= 15 is 0 Å². The van der Waals surface area contributed by atoms with Gasteiger partial charge >= 0.3 is 5.97 Å². The van der Waals surface area contributed by atoms with Crippen molar-refractivity contribution in [3.8, 4) is 0 Å². The third-order valence-corrected chi connectivity index (χ3v) is 8.39. The van der Waals surface area contributed by atoms with E-state index in [2.05, 4.69) is 5.32 Å². The quantitative estimate of drug-likeness (QED) is 0.561. The van der Waals surface area contributed by atoms with Gasteiger partial charge in [0.1, 0.15) is 5.00 Å². The van der Waals surface area contributed by atoms with Crippen molar-refractivity contribution in [2.24, 2.45) is 0 Å². The summed E-state index contributed by atoms with van der Waals surface area (Å²) >= 11 is 7.21. The van der Waals surface area contributed by atoms with Crippen molar-refractivity contribution in [2.45, 2.75) is 25.2 Å². The number of piperazine rings is 1. The van der Waals surface area contributed by atoms with Gasteiger partial charge < -0.3 is 10.1 Å². The van der Waals surface area contributed by atoms with Crippen LogP contribution in [0.2, 0.25) is 5.02 Å². The van der Waals surface area contributed by atoms with Crippen LogP contribution >= 0.6 is 22.9 Å². The van der Waals surface area contributed by atoms with Gasteiger partial charge in [-0.3, -0.25) is 9.69 Å². The standard InChI is InChI=1S/C21H26ClN3O5S2/c1-3-16-13-18(21(27)30-4-2)20(31-16)23-19(26)14-24-9-11-25(12-10-24)32(28,29)17-7-5-15(22)6-8-17/h5-8,13H,3-4,9-12,14H2,1-2H3,(H,23,26). The topological polar surface area (TPSA) is 96.0 Å². The lowest BCUT2D eigenvalue weighted by atomic mass is 10.2. The van der Waals surface area contributed by atoms with Gasteiger partial charge in [0.15, 0.2) is 0 Å². The molecule has 1 saturated heterocycles. The third kappa shape index (κ3) is 5.87. The van der Waals surface area contributed by atoms with E-state index in [0.29, 0.717) is 28.7 Å². The lowest BCUT2D eigenvalue weighted by Crippen LogP contribution is -2.50. The minimum atomic E-state index is -3.60. The number of anilines is 1. The van der Waals surface area contributed by atoms with E-state index < -0.39 is 16.0 Å². The minimum Gasteiger partial charge on any atom is -0.462 e. The van der Waals surface area contributed by atoms with E-state index in [1.807, 2.05) is 11.8 Å². The fraction of sp³-hybridized carbons (Fsp3) is 0.429. The number of ether oxygens (including phenoxy) is 1. The SMILES string of the molecule is CCOC(=O)c1cc(CC)sc1NC(=O)CN1CCN(S(=O)(=O)c2ccc(Cl)cc2)CC1. The number of halogens is 1. The van der Waals surface area contributed by atoms with Gasteiger partial charge in [-0.2, -0.15) is 4.31 Å². The van der Waals surface area contributed by atoms with Crippen molar-refractivity contribution in [1.82, 2.24) is 9.21 Å². The summed E-state index contributed by atoms with van der Waals surface area (Å²) in [5.41, 5.74) is 0.362. The molecule has 8 nitrogen and oxygen atoms in total. The first kappa shape index (κ1) is 24.7. The van der Waals surface area contributed by atoms with Crippen molar-refractivity contribution in [1.29, 1.82) is 0 Å². The predicted octanol–water partition coefficient (Wildman–Crippen LogP) is 3.09. The molecule has 1 aliphatic heterocycles. The Balaban J connectivity index is 1.58. The number of hydrogen-bond acceptors (Lipinski definition) is 7. The summed E-state index contributed by atoms with van der Waals surface area (Å²) in [7, 11) is -3.60. The van der Waals surface area contributed by atoms with Crippen LogP contribution in [0.5, 0.6) is 0 Å². The smallest absolute Gasteiger partial charge is 0.341 e. The highest BCUT2D eigenvalue weighted by Gasteiger charge is 2.29. The molecular weight excluding hydrogens is 474 g/mol. The van der Waals surface area contributed by atoms with Crippen LogP contribution in [0, 0.1) is 0 Å². The molecule has 0 saturated carbocycles. The predicted molar refractivity (Wildman–Crippen MR) is 125 cm³/mol. The van der Waals surface area contributed by atoms with Crippen LogP contribution in [0.1, 0.15) is 29.1 Å². The van der Waals surface area contributed by atoms with Gasteiger partial charge in [0, 0.05) is 36.1 Å². The summed E-state index contributed by atoms with van der Waals surface area (Å²) in [6.45, 7) is 5.49. The van der Waals surface area contributed by atoms with Gasteiger partial charge in [-0.25, -0.2) is 13.2 Å². The molecule has 0 bridgehead atoms. The van der Waals surface area contributed by atoms with Gasteiger partial charge in [-0.15, -0.1) is 11.3 Å². The molecule has 32 heavy (non-hydrogen) atoms. The van der Waals surface area contributed by atoms with Crippen LogP contribution in [0.4, 0.5) is 5.00 Å². The van der Waals surface area contributed by atoms with Crippen LogP contribution in [0.25, 0.3) is 0 Å². The monoisotopic (exact) mass is 499 g/mol. The van der Waals surface area contributed by atoms with Gasteiger partial charge in [0.2, 0.25) is 15.9 Å². The van der Waals surface area contributed by atoms with Gasteiger partial charge in [0.05, 0.1) is 23.6 Å². The first-order chi connectivity index (χ1) is 15.2. The summed E-state index contributed by atoms with van der Waals surface area (Å²) in [5, 5.41) is 3.77. The van der Waals surface area contributed by atoms with E-state index in [-0.39, 0.29) is 37.0 Å². The van der Waals surface area contributed by atoms with Crippen molar-refractivity contribution in [3.63, 3.8) is 0 Å². The number of aryl methyl sites for hydroxylation is 1. The first-order valence-corrected chi connectivity index (χ1v) is 13.0. The number of rotatable bonds is 8. The van der Waals surface area contributed by atoms with Crippen molar-refractivity contribution >= 4 is 49.8 Å². The van der Waals surface area contributed by atoms with Crippen LogP contribution in [0.15, 0.2) is 35.2 Å². The van der Waals surface area contributed by atoms with Crippen LogP contribution in [0.3, 0.4) is 0 Å². The molecule has 2 aromatic rings. The van der Waals surface area contributed by atoms with Crippen molar-refractivity contribution in [2.75, 3.05) is 44.6 Å². The molecule has 0 spiro atoms. The average Bonchev–Trinajstić information content (AvgIpc) is 3.17. The number of hydrogen-bond donors (Lipinski definition) is 1. The lowest BCUT2D eigenvalue weighted by molar-refractivity contribution is -0.117. The summed E-state index contributed by atoms with van der Waals surface area (Å²) in [6, 6.07) is 7.83. The zero-order valence-corrected chi connectivity index (χ0v) is 20.4. The first-order valence-electron chi connectivity index (χ1n) is 10.3. The number of amides is 1. The van der Waals surface area contributed by atoms with Gasteiger partial charge in [0.25, 0.3) is 0 Å². The number of carbonyl (C=O) groups is 2. The second-order valence-corrected chi connectivity index (χ2v) is 10.7. The molecule has 3 rings (SSSR count). The van der Waals surface area contributed by atoms with Crippen LogP contribution < -0.4 is 5.32 Å². The Labute approximate surface area is 197 Å². The Morgan fingerprint density at radius 3 is 2.38 bits per heavy atom. The number of esters is 1. The lowest BCUT2D eigenvalue weighted by Gasteiger charge is -2.33. The number of thiophene rings is 1. The molecule has 0 atom stereocenters. The molecule has 1 amide bonds. The molecular formula is C21H26ClN3O5S2. The number of nitrogens with zero attached hydrogens (tertiary/aromatic N) is 2. The largest absolute Gasteiger partial charge is 0.462 e. The van der Waals surface area contributed by atoms with E-state index in [0.717, 1.165) is 11.3 Å². The van der Waals surface area contributed by atoms with Gasteiger partial charge in [-0.1, -0.05) is 18.5 Å². The maximum absolute atomic E-state index is 12.8. The second-order valence-electron chi connectivity index (χ2n) is 7.21. The van der Waals surface area contributed by atoms with E-state index in [1.165, 1.54) is 27.8 Å². The Bertz CT molecular complexity index is 1060. The molecule has 0 aliphatic carbocycles. The maximum Gasteiger partial charge on any atom is 0.341 e. The average molecular weight is 500 g/mol. The molecule has 1 aromatic carbocycles. The zero-order chi connectivity index (χ0) is 23.3. The second kappa shape index (κ2) is 10.8. The Hall–Kier alpha value is -1.98. The van der Waals surface area contributed by atoms with Gasteiger partial charge in [-0.05, 0) is 43.7 Å². The highest BCUT2D eigenvalue weighted by Crippen LogP contribution is 2.29. The van der Waals surface area contributed by atoms with E-state index in [9.17, 15) is 18.0 Å². The van der Waals surface area contributed by atoms with E-state index in [4.69, 9.17) is 16.3 Å². The fourth-order valence-electron chi connectivity index (χ4n) is 3.32. The Morgan fingerprint density at radius 1 is 1.12 bits per heavy atom. The molecule has 1 aliphatic rings. The number of carbonyl (C=O) groups excluding carboxylic acids is 2. The molecule has 1 fully saturated rings.